The van der Waals surface area contributed by atoms with E-state index in [4.69, 9.17) is 19.2 Å². The Morgan fingerprint density at radius 3 is 2.75 bits per heavy atom. The van der Waals surface area contributed by atoms with Gasteiger partial charge in [0.1, 0.15) is 11.9 Å². The zero-order chi connectivity index (χ0) is 25.1. The van der Waals surface area contributed by atoms with E-state index in [2.05, 4.69) is 27.8 Å². The molecule has 3 heterocycles. The predicted molar refractivity (Wildman–Crippen MR) is 137 cm³/mol. The van der Waals surface area contributed by atoms with E-state index in [1.165, 1.54) is 0 Å². The molecule has 1 aromatic carbocycles. The van der Waals surface area contributed by atoms with Crippen molar-refractivity contribution < 1.29 is 19.0 Å². The number of rotatable bonds is 10. The highest BCUT2D eigenvalue weighted by Gasteiger charge is 2.26. The zero-order valence-corrected chi connectivity index (χ0v) is 21.1. The van der Waals surface area contributed by atoms with Gasteiger partial charge in [0.15, 0.2) is 0 Å². The molecule has 0 amide bonds. The number of aryl methyl sites for hydroxylation is 2. The number of aromatic amines is 1. The number of nitrogens with zero attached hydrogens (tertiary/aromatic N) is 2. The van der Waals surface area contributed by atoms with Crippen molar-refractivity contribution in [2.45, 2.75) is 58.1 Å². The summed E-state index contributed by atoms with van der Waals surface area (Å²) in [6.07, 6.45) is 7.40. The molecule has 1 aliphatic carbocycles. The predicted octanol–water partition coefficient (Wildman–Crippen LogP) is 4.03. The molecule has 2 fully saturated rings. The molecule has 5 rings (SSSR count). The summed E-state index contributed by atoms with van der Waals surface area (Å²) in [6, 6.07) is 8.23. The molecule has 1 atom stereocenters. The Hall–Kier alpha value is -2.97. The number of carbonyl (C=O) groups is 1. The lowest BCUT2D eigenvalue weighted by molar-refractivity contribution is -0.155. The smallest absolute Gasteiger partial charge is 0.311 e. The number of imidazole rings is 1. The number of carbonyl (C=O) groups excluding carboxylic acids is 1. The van der Waals surface area contributed by atoms with E-state index >= 15 is 0 Å². The van der Waals surface area contributed by atoms with Crippen LogP contribution in [0.3, 0.4) is 0 Å². The van der Waals surface area contributed by atoms with Crippen LogP contribution < -0.4 is 5.56 Å². The molecule has 0 bridgehead atoms. The molecule has 0 radical (unpaired) electrons. The fourth-order valence-corrected chi connectivity index (χ4v) is 5.19. The van der Waals surface area contributed by atoms with Crippen molar-refractivity contribution >= 4 is 17.0 Å². The van der Waals surface area contributed by atoms with Crippen molar-refractivity contribution in [1.82, 2.24) is 14.5 Å². The number of H-pyrrole nitrogens is 1. The molecule has 2 aliphatic rings. The Morgan fingerprint density at radius 1 is 1.25 bits per heavy atom. The summed E-state index contributed by atoms with van der Waals surface area (Å²) in [5, 5.41) is 0. The number of hydrogen-bond donors (Lipinski definition) is 1. The van der Waals surface area contributed by atoms with Gasteiger partial charge < -0.3 is 23.8 Å². The molecular formula is C28H35N3O5. The Morgan fingerprint density at radius 2 is 2.06 bits per heavy atom. The van der Waals surface area contributed by atoms with Crippen molar-refractivity contribution in [2.24, 2.45) is 11.8 Å². The minimum atomic E-state index is -0.276. The lowest BCUT2D eigenvalue weighted by atomic mass is 9.99. The normalized spacial score (nSPS) is 17.4. The standard InChI is InChI=1S/C28H35N3O5/c1-18-11-22(13-29-27(18)32)26-30-24-12-19(8-10-25(24)31(26)14-20-15-35-16-20)7-9-21(17-34-2)28(33)36-23-5-3-4-6-23/h8,10-13,20-21,23H,3-7,9,14-17H2,1-2H3,(H,29,32)/t21-/m0/s1. The third-order valence-electron chi connectivity index (χ3n) is 7.38. The van der Waals surface area contributed by atoms with E-state index < -0.39 is 0 Å². The Kier molecular flexibility index (Phi) is 7.53. The van der Waals surface area contributed by atoms with Crippen molar-refractivity contribution in [3.63, 3.8) is 0 Å². The van der Waals surface area contributed by atoms with Crippen molar-refractivity contribution in [3.8, 4) is 11.4 Å². The van der Waals surface area contributed by atoms with Gasteiger partial charge in [0.25, 0.3) is 5.56 Å². The van der Waals surface area contributed by atoms with E-state index in [1.807, 2.05) is 6.07 Å². The second kappa shape index (κ2) is 11.0. The maximum Gasteiger partial charge on any atom is 0.311 e. The second-order valence-corrected chi connectivity index (χ2v) is 10.2. The molecule has 8 nitrogen and oxygen atoms in total. The molecule has 1 saturated heterocycles. The quantitative estimate of drug-likeness (QED) is 0.429. The number of nitrogens with one attached hydrogen (secondary N) is 1. The van der Waals surface area contributed by atoms with Crippen LogP contribution in [0, 0.1) is 18.8 Å². The molecule has 2 aromatic heterocycles. The average molecular weight is 494 g/mol. The van der Waals surface area contributed by atoms with Crippen LogP contribution in [-0.2, 0) is 32.0 Å². The van der Waals surface area contributed by atoms with Crippen LogP contribution >= 0.6 is 0 Å². The van der Waals surface area contributed by atoms with E-state index in [1.54, 1.807) is 20.2 Å². The lowest BCUT2D eigenvalue weighted by Crippen LogP contribution is -2.31. The highest BCUT2D eigenvalue weighted by molar-refractivity contribution is 5.81. The van der Waals surface area contributed by atoms with Crippen LogP contribution in [0.4, 0.5) is 0 Å². The van der Waals surface area contributed by atoms with Gasteiger partial charge in [0.05, 0.1) is 36.8 Å². The number of esters is 1. The molecule has 3 aromatic rings. The summed E-state index contributed by atoms with van der Waals surface area (Å²) in [6.45, 7) is 4.48. The minimum Gasteiger partial charge on any atom is -0.462 e. The number of ether oxygens (including phenoxy) is 3. The van der Waals surface area contributed by atoms with Gasteiger partial charge >= 0.3 is 5.97 Å². The maximum atomic E-state index is 12.8. The van der Waals surface area contributed by atoms with Gasteiger partial charge in [-0.3, -0.25) is 9.59 Å². The molecule has 192 valence electrons. The molecule has 1 N–H and O–H groups in total. The first-order chi connectivity index (χ1) is 17.5. The van der Waals surface area contributed by atoms with Crippen molar-refractivity contribution in [3.05, 3.63) is 51.9 Å². The van der Waals surface area contributed by atoms with Crippen LogP contribution in [0.2, 0.25) is 0 Å². The van der Waals surface area contributed by atoms with Crippen molar-refractivity contribution in [2.75, 3.05) is 26.9 Å². The fraction of sp³-hybridized carbons (Fsp3) is 0.536. The van der Waals surface area contributed by atoms with Gasteiger partial charge in [-0.25, -0.2) is 4.98 Å². The second-order valence-electron chi connectivity index (χ2n) is 10.2. The van der Waals surface area contributed by atoms with Gasteiger partial charge in [-0.15, -0.1) is 0 Å². The van der Waals surface area contributed by atoms with Gasteiger partial charge in [-0.05, 0) is 69.2 Å². The average Bonchev–Trinajstić information content (AvgIpc) is 3.48. The first-order valence-electron chi connectivity index (χ1n) is 13.0. The Labute approximate surface area is 211 Å². The summed E-state index contributed by atoms with van der Waals surface area (Å²) in [5.74, 6) is 0.867. The number of fused-ring (bicyclic) bond motifs is 1. The zero-order valence-electron chi connectivity index (χ0n) is 21.1. The number of methoxy groups -OCH3 is 1. The largest absolute Gasteiger partial charge is 0.462 e. The number of benzene rings is 1. The van der Waals surface area contributed by atoms with Crippen LogP contribution in [0.15, 0.2) is 35.3 Å². The minimum absolute atomic E-state index is 0.0632. The lowest BCUT2D eigenvalue weighted by Gasteiger charge is -2.27. The monoisotopic (exact) mass is 493 g/mol. The van der Waals surface area contributed by atoms with E-state index in [0.717, 1.165) is 79.8 Å². The number of aromatic nitrogens is 3. The van der Waals surface area contributed by atoms with Gasteiger partial charge in [-0.1, -0.05) is 6.07 Å². The maximum absolute atomic E-state index is 12.8. The van der Waals surface area contributed by atoms with Gasteiger partial charge in [-0.2, -0.15) is 0 Å². The van der Waals surface area contributed by atoms with Crippen molar-refractivity contribution in [1.29, 1.82) is 0 Å². The summed E-state index contributed by atoms with van der Waals surface area (Å²) < 4.78 is 18.7. The van der Waals surface area contributed by atoms with Crippen LogP contribution in [-0.4, -0.2) is 53.5 Å². The van der Waals surface area contributed by atoms with E-state index in [9.17, 15) is 9.59 Å². The first-order valence-corrected chi connectivity index (χ1v) is 13.0. The van der Waals surface area contributed by atoms with Gasteiger partial charge in [0.2, 0.25) is 0 Å². The highest BCUT2D eigenvalue weighted by atomic mass is 16.5. The molecule has 0 unspecified atom stereocenters. The number of hydrogen-bond acceptors (Lipinski definition) is 6. The van der Waals surface area contributed by atoms with Gasteiger partial charge in [0, 0.05) is 36.9 Å². The summed E-state index contributed by atoms with van der Waals surface area (Å²) >= 11 is 0. The van der Waals surface area contributed by atoms with E-state index in [-0.39, 0.29) is 23.6 Å². The molecule has 1 aliphatic heterocycles. The Balaban J connectivity index is 1.37. The summed E-state index contributed by atoms with van der Waals surface area (Å²) in [5.41, 5.74) is 4.54. The highest BCUT2D eigenvalue weighted by Crippen LogP contribution is 2.29. The SMILES string of the molecule is COC[C@H](CCc1ccc2c(c1)nc(-c1c[nH]c(=O)c(C)c1)n2CC1COC1)C(=O)OC1CCCC1. The van der Waals surface area contributed by atoms with Crippen LogP contribution in [0.5, 0.6) is 0 Å². The molecule has 1 saturated carbocycles. The molecular weight excluding hydrogens is 458 g/mol. The first kappa shape index (κ1) is 24.7. The molecule has 8 heteroatoms. The molecule has 36 heavy (non-hydrogen) atoms. The Bertz CT molecular complexity index is 1270. The third-order valence-corrected chi connectivity index (χ3v) is 7.38. The summed E-state index contributed by atoms with van der Waals surface area (Å²) in [7, 11) is 1.63. The fourth-order valence-electron chi connectivity index (χ4n) is 5.19. The third kappa shape index (κ3) is 5.39. The molecule has 0 spiro atoms. The van der Waals surface area contributed by atoms with Crippen LogP contribution in [0.1, 0.15) is 43.2 Å². The van der Waals surface area contributed by atoms with Crippen LogP contribution in [0.25, 0.3) is 22.4 Å². The van der Waals surface area contributed by atoms with E-state index in [0.29, 0.717) is 24.5 Å². The summed E-state index contributed by atoms with van der Waals surface area (Å²) in [4.78, 5) is 32.5. The topological polar surface area (TPSA) is 95.4 Å². The number of pyridine rings is 1.